The number of carboxylic acid groups (broad SMARTS) is 1. The molecule has 0 fully saturated rings. The van der Waals surface area contributed by atoms with Gasteiger partial charge in [0.25, 0.3) is 0 Å². The predicted molar refractivity (Wildman–Crippen MR) is 79.9 cm³/mol. The molecule has 116 valence electrons. The summed E-state index contributed by atoms with van der Waals surface area (Å²) in [5, 5.41) is 11.8. The first kappa shape index (κ1) is 17.2. The minimum atomic E-state index is -0.995. The fraction of sp³-hybridized carbons (Fsp3) is 0.500. The van der Waals surface area contributed by atoms with E-state index in [4.69, 9.17) is 4.74 Å². The highest BCUT2D eigenvalue weighted by Crippen LogP contribution is 2.10. The Balaban J connectivity index is 2.67. The van der Waals surface area contributed by atoms with Gasteiger partial charge in [-0.2, -0.15) is 0 Å². The van der Waals surface area contributed by atoms with Crippen LogP contribution in [0.5, 0.6) is 0 Å². The molecule has 1 amide bonds. The van der Waals surface area contributed by atoms with Crippen LogP contribution in [-0.4, -0.2) is 30.1 Å². The Hall–Kier alpha value is -1.88. The number of hydrogen-bond donors (Lipinski definition) is 2. The molecule has 0 unspecified atom stereocenters. The molecule has 5 nitrogen and oxygen atoms in total. The Kier molecular flexibility index (Phi) is 6.88. The molecule has 0 aliphatic heterocycles. The number of aliphatic carboxylic acids is 1. The van der Waals surface area contributed by atoms with Gasteiger partial charge in [-0.15, -0.1) is 0 Å². The van der Waals surface area contributed by atoms with Crippen molar-refractivity contribution in [1.29, 1.82) is 0 Å². The van der Waals surface area contributed by atoms with Gasteiger partial charge in [0.05, 0.1) is 13.0 Å². The molecule has 1 rings (SSSR count). The standard InChI is InChI=1S/C16H23NO4/c1-4-11(2)15(16(19)20)17-14(18)9-12-6-5-7-13(8-12)10-21-3/h5-8,11,15H,4,9-10H2,1-3H3,(H,17,18)(H,19,20)/t11-,15-/m0/s1. The van der Waals surface area contributed by atoms with Crippen LogP contribution in [0.1, 0.15) is 31.4 Å². The number of methoxy groups -OCH3 is 1. The third kappa shape index (κ3) is 5.55. The van der Waals surface area contributed by atoms with Gasteiger partial charge in [0, 0.05) is 7.11 Å². The lowest BCUT2D eigenvalue weighted by Gasteiger charge is -2.20. The average molecular weight is 293 g/mol. The molecule has 2 N–H and O–H groups in total. The van der Waals surface area contributed by atoms with Crippen LogP contribution >= 0.6 is 0 Å². The summed E-state index contributed by atoms with van der Waals surface area (Å²) in [6, 6.07) is 6.68. The molecule has 2 atom stereocenters. The molecule has 1 aromatic rings. The topological polar surface area (TPSA) is 75.6 Å². The maximum Gasteiger partial charge on any atom is 0.326 e. The Bertz CT molecular complexity index is 487. The maximum atomic E-state index is 12.0. The van der Waals surface area contributed by atoms with E-state index in [1.54, 1.807) is 7.11 Å². The Morgan fingerprint density at radius 1 is 1.33 bits per heavy atom. The van der Waals surface area contributed by atoms with Crippen molar-refractivity contribution in [2.75, 3.05) is 7.11 Å². The molecule has 0 radical (unpaired) electrons. The summed E-state index contributed by atoms with van der Waals surface area (Å²) in [4.78, 5) is 23.2. The van der Waals surface area contributed by atoms with E-state index in [1.165, 1.54) is 0 Å². The summed E-state index contributed by atoms with van der Waals surface area (Å²) in [7, 11) is 1.61. The van der Waals surface area contributed by atoms with Gasteiger partial charge >= 0.3 is 5.97 Å². The Labute approximate surface area is 125 Å². The lowest BCUT2D eigenvalue weighted by molar-refractivity contribution is -0.143. The second-order valence-corrected chi connectivity index (χ2v) is 5.20. The molecule has 0 bridgehead atoms. The number of hydrogen-bond acceptors (Lipinski definition) is 3. The van der Waals surface area contributed by atoms with Crippen LogP contribution in [0.15, 0.2) is 24.3 Å². The van der Waals surface area contributed by atoms with Crippen molar-refractivity contribution in [1.82, 2.24) is 5.32 Å². The molecule has 1 aromatic carbocycles. The number of ether oxygens (including phenoxy) is 1. The number of carbonyl (C=O) groups is 2. The third-order valence-corrected chi connectivity index (χ3v) is 3.46. The van der Waals surface area contributed by atoms with E-state index in [2.05, 4.69) is 5.32 Å². The van der Waals surface area contributed by atoms with Gasteiger partial charge in [-0.3, -0.25) is 4.79 Å². The maximum absolute atomic E-state index is 12.0. The summed E-state index contributed by atoms with van der Waals surface area (Å²) < 4.78 is 5.05. The monoisotopic (exact) mass is 293 g/mol. The van der Waals surface area contributed by atoms with Gasteiger partial charge in [-0.1, -0.05) is 44.5 Å². The summed E-state index contributed by atoms with van der Waals surface area (Å²) in [5.41, 5.74) is 1.83. The van der Waals surface area contributed by atoms with E-state index >= 15 is 0 Å². The highest BCUT2D eigenvalue weighted by Gasteiger charge is 2.25. The molecule has 0 saturated heterocycles. The van der Waals surface area contributed by atoms with Crippen molar-refractivity contribution in [2.24, 2.45) is 5.92 Å². The van der Waals surface area contributed by atoms with E-state index in [-0.39, 0.29) is 18.2 Å². The second-order valence-electron chi connectivity index (χ2n) is 5.20. The molecule has 0 aliphatic rings. The van der Waals surface area contributed by atoms with E-state index < -0.39 is 12.0 Å². The minimum absolute atomic E-state index is 0.105. The molecule has 5 heteroatoms. The van der Waals surface area contributed by atoms with E-state index in [1.807, 2.05) is 38.1 Å². The number of benzene rings is 1. The van der Waals surface area contributed by atoms with Crippen molar-refractivity contribution >= 4 is 11.9 Å². The average Bonchev–Trinajstić information content (AvgIpc) is 2.44. The number of rotatable bonds is 8. The Morgan fingerprint density at radius 2 is 2.00 bits per heavy atom. The van der Waals surface area contributed by atoms with Crippen LogP contribution in [0.25, 0.3) is 0 Å². The van der Waals surface area contributed by atoms with Crippen LogP contribution in [0.2, 0.25) is 0 Å². The first-order valence-corrected chi connectivity index (χ1v) is 7.06. The van der Waals surface area contributed by atoms with Crippen molar-refractivity contribution in [3.8, 4) is 0 Å². The number of carbonyl (C=O) groups excluding carboxylic acids is 1. The van der Waals surface area contributed by atoms with Gasteiger partial charge in [0.2, 0.25) is 5.91 Å². The minimum Gasteiger partial charge on any atom is -0.480 e. The van der Waals surface area contributed by atoms with Crippen LogP contribution in [0, 0.1) is 5.92 Å². The van der Waals surface area contributed by atoms with Crippen LogP contribution < -0.4 is 5.32 Å². The number of carboxylic acids is 1. The van der Waals surface area contributed by atoms with Gasteiger partial charge in [0.15, 0.2) is 0 Å². The zero-order valence-corrected chi connectivity index (χ0v) is 12.8. The van der Waals surface area contributed by atoms with Crippen LogP contribution in [-0.2, 0) is 27.4 Å². The van der Waals surface area contributed by atoms with Crippen molar-refractivity contribution in [2.45, 2.75) is 39.3 Å². The molecule has 0 saturated carbocycles. The molecule has 21 heavy (non-hydrogen) atoms. The quantitative estimate of drug-likeness (QED) is 0.768. The first-order valence-electron chi connectivity index (χ1n) is 7.06. The third-order valence-electron chi connectivity index (χ3n) is 3.46. The molecule has 0 aromatic heterocycles. The summed E-state index contributed by atoms with van der Waals surface area (Å²) >= 11 is 0. The highest BCUT2D eigenvalue weighted by atomic mass is 16.5. The predicted octanol–water partition coefficient (Wildman–Crippen LogP) is 1.99. The number of amides is 1. The van der Waals surface area contributed by atoms with Crippen molar-refractivity contribution in [3.63, 3.8) is 0 Å². The fourth-order valence-electron chi connectivity index (χ4n) is 2.09. The molecular formula is C16H23NO4. The summed E-state index contributed by atoms with van der Waals surface area (Å²) in [5.74, 6) is -1.38. The Morgan fingerprint density at radius 3 is 2.57 bits per heavy atom. The van der Waals surface area contributed by atoms with E-state index in [0.29, 0.717) is 13.0 Å². The summed E-state index contributed by atoms with van der Waals surface area (Å²) in [6.07, 6.45) is 0.859. The normalized spacial score (nSPS) is 13.5. The van der Waals surface area contributed by atoms with Crippen LogP contribution in [0.4, 0.5) is 0 Å². The largest absolute Gasteiger partial charge is 0.480 e. The van der Waals surface area contributed by atoms with Crippen molar-refractivity contribution in [3.05, 3.63) is 35.4 Å². The molecule has 0 spiro atoms. The second kappa shape index (κ2) is 8.42. The molecule has 0 heterocycles. The number of nitrogens with one attached hydrogen (secondary N) is 1. The van der Waals surface area contributed by atoms with Gasteiger partial charge < -0.3 is 15.2 Å². The van der Waals surface area contributed by atoms with E-state index in [9.17, 15) is 14.7 Å². The van der Waals surface area contributed by atoms with Gasteiger partial charge in [-0.05, 0) is 17.0 Å². The van der Waals surface area contributed by atoms with Gasteiger partial charge in [0.1, 0.15) is 6.04 Å². The zero-order valence-electron chi connectivity index (χ0n) is 12.8. The smallest absolute Gasteiger partial charge is 0.326 e. The molecule has 0 aliphatic carbocycles. The van der Waals surface area contributed by atoms with Gasteiger partial charge in [-0.25, -0.2) is 4.79 Å². The lowest BCUT2D eigenvalue weighted by Crippen LogP contribution is -2.45. The summed E-state index contributed by atoms with van der Waals surface area (Å²) in [6.45, 7) is 4.21. The fourth-order valence-corrected chi connectivity index (χ4v) is 2.09. The van der Waals surface area contributed by atoms with E-state index in [0.717, 1.165) is 11.1 Å². The van der Waals surface area contributed by atoms with Crippen LogP contribution in [0.3, 0.4) is 0 Å². The lowest BCUT2D eigenvalue weighted by atomic mass is 9.99. The van der Waals surface area contributed by atoms with Crippen molar-refractivity contribution < 1.29 is 19.4 Å². The zero-order chi connectivity index (χ0) is 15.8. The first-order chi connectivity index (χ1) is 9.97. The molecular weight excluding hydrogens is 270 g/mol. The SMILES string of the molecule is CC[C@H](C)[C@H](NC(=O)Cc1cccc(COC)c1)C(=O)O. The highest BCUT2D eigenvalue weighted by molar-refractivity contribution is 5.85.